The van der Waals surface area contributed by atoms with Crippen LogP contribution in [0.5, 0.6) is 0 Å². The van der Waals surface area contributed by atoms with Crippen molar-refractivity contribution in [3.05, 3.63) is 23.2 Å². The first-order valence-corrected chi connectivity index (χ1v) is 7.59. The summed E-state index contributed by atoms with van der Waals surface area (Å²) in [6, 6.07) is 0.716. The third kappa shape index (κ3) is 4.13. The maximum Gasteiger partial charge on any atom is 0.147 e. The second-order valence-corrected chi connectivity index (χ2v) is 6.12. The fraction of sp³-hybridized carbons (Fsp3) is 0.714. The smallest absolute Gasteiger partial charge is 0.147 e. The molecule has 0 unspecified atom stereocenters. The van der Waals surface area contributed by atoms with E-state index in [9.17, 15) is 0 Å². The number of piperidine rings is 1. The minimum atomic E-state index is 0.465. The average molecular weight is 281 g/mol. The number of likely N-dealkylation sites (tertiary alicyclic amines) is 1. The Morgan fingerprint density at radius 3 is 2.58 bits per heavy atom. The van der Waals surface area contributed by atoms with Crippen LogP contribution in [0.25, 0.3) is 0 Å². The summed E-state index contributed by atoms with van der Waals surface area (Å²) in [4.78, 5) is 10.8. The molecule has 2 heterocycles. The standard InChI is InChI=1S/C14H21ClN4/c15-14-9-17-13(8-18-14)10-19-5-3-12(4-6-19)16-7-11-1-2-11/h8-9,11-12,16H,1-7,10H2. The normalized spacial score (nSPS) is 21.7. The van der Waals surface area contributed by atoms with Crippen LogP contribution in [0.3, 0.4) is 0 Å². The topological polar surface area (TPSA) is 41.1 Å². The maximum atomic E-state index is 5.74. The number of halogens is 1. The molecule has 0 bridgehead atoms. The molecule has 1 N–H and O–H groups in total. The Morgan fingerprint density at radius 2 is 1.95 bits per heavy atom. The van der Waals surface area contributed by atoms with Gasteiger partial charge in [-0.15, -0.1) is 0 Å². The van der Waals surface area contributed by atoms with Gasteiger partial charge < -0.3 is 5.32 Å². The summed E-state index contributed by atoms with van der Waals surface area (Å²) in [5.41, 5.74) is 1.01. The summed E-state index contributed by atoms with van der Waals surface area (Å²) in [5.74, 6) is 0.974. The predicted octanol–water partition coefficient (Wildman–Crippen LogP) is 2.09. The van der Waals surface area contributed by atoms with E-state index < -0.39 is 0 Å². The van der Waals surface area contributed by atoms with Gasteiger partial charge >= 0.3 is 0 Å². The molecule has 0 aromatic carbocycles. The van der Waals surface area contributed by atoms with Crippen molar-refractivity contribution in [3.8, 4) is 0 Å². The fourth-order valence-corrected chi connectivity index (χ4v) is 2.70. The van der Waals surface area contributed by atoms with Crippen molar-refractivity contribution in [1.29, 1.82) is 0 Å². The summed E-state index contributed by atoms with van der Waals surface area (Å²) in [5, 5.41) is 4.17. The number of aromatic nitrogens is 2. The molecular weight excluding hydrogens is 260 g/mol. The summed E-state index contributed by atoms with van der Waals surface area (Å²) in [6.45, 7) is 4.41. The Labute approximate surface area is 119 Å². The zero-order valence-corrected chi connectivity index (χ0v) is 11.9. The Morgan fingerprint density at radius 1 is 1.16 bits per heavy atom. The lowest BCUT2D eigenvalue weighted by Crippen LogP contribution is -2.42. The molecule has 1 aromatic rings. The molecule has 4 nitrogen and oxygen atoms in total. The Balaban J connectivity index is 1.40. The lowest BCUT2D eigenvalue weighted by atomic mass is 10.0. The van der Waals surface area contributed by atoms with Gasteiger partial charge in [0.2, 0.25) is 0 Å². The summed E-state index contributed by atoms with van der Waals surface area (Å²) in [7, 11) is 0. The summed E-state index contributed by atoms with van der Waals surface area (Å²) < 4.78 is 0. The minimum absolute atomic E-state index is 0.465. The largest absolute Gasteiger partial charge is 0.314 e. The van der Waals surface area contributed by atoms with Crippen molar-refractivity contribution in [3.63, 3.8) is 0 Å². The Kier molecular flexibility index (Phi) is 4.31. The van der Waals surface area contributed by atoms with Crippen molar-refractivity contribution < 1.29 is 0 Å². The van der Waals surface area contributed by atoms with E-state index in [1.54, 1.807) is 12.4 Å². The van der Waals surface area contributed by atoms with E-state index in [1.165, 1.54) is 32.2 Å². The Hall–Kier alpha value is -0.710. The van der Waals surface area contributed by atoms with Crippen molar-refractivity contribution in [2.24, 2.45) is 5.92 Å². The molecule has 0 amide bonds. The van der Waals surface area contributed by atoms with E-state index in [-0.39, 0.29) is 0 Å². The maximum absolute atomic E-state index is 5.74. The fourth-order valence-electron chi connectivity index (χ4n) is 2.60. The third-order valence-electron chi connectivity index (χ3n) is 4.04. The van der Waals surface area contributed by atoms with Crippen molar-refractivity contribution in [1.82, 2.24) is 20.2 Å². The number of nitrogens with one attached hydrogen (secondary N) is 1. The number of hydrogen-bond donors (Lipinski definition) is 1. The number of hydrogen-bond acceptors (Lipinski definition) is 4. The minimum Gasteiger partial charge on any atom is -0.314 e. The number of nitrogens with zero attached hydrogens (tertiary/aromatic N) is 3. The van der Waals surface area contributed by atoms with Gasteiger partial charge in [0.1, 0.15) is 5.15 Å². The van der Waals surface area contributed by atoms with Gasteiger partial charge in [-0.2, -0.15) is 0 Å². The van der Waals surface area contributed by atoms with Crippen molar-refractivity contribution in [2.75, 3.05) is 19.6 Å². The highest BCUT2D eigenvalue weighted by atomic mass is 35.5. The highest BCUT2D eigenvalue weighted by molar-refractivity contribution is 6.29. The van der Waals surface area contributed by atoms with Crippen LogP contribution < -0.4 is 5.32 Å². The third-order valence-corrected chi connectivity index (χ3v) is 4.23. The molecule has 3 rings (SSSR count). The van der Waals surface area contributed by atoms with Crippen LogP contribution >= 0.6 is 11.6 Å². The molecule has 0 radical (unpaired) electrons. The van der Waals surface area contributed by atoms with Crippen molar-refractivity contribution >= 4 is 11.6 Å². The molecule has 5 heteroatoms. The molecule has 1 aliphatic heterocycles. The first kappa shape index (κ1) is 13.3. The van der Waals surface area contributed by atoms with E-state index in [4.69, 9.17) is 11.6 Å². The summed E-state index contributed by atoms with van der Waals surface area (Å²) in [6.07, 6.45) is 8.75. The molecule has 104 valence electrons. The Bertz CT molecular complexity index is 396. The van der Waals surface area contributed by atoms with Gasteiger partial charge in [0.05, 0.1) is 18.1 Å². The zero-order chi connectivity index (χ0) is 13.1. The van der Waals surface area contributed by atoms with Crippen molar-refractivity contribution in [2.45, 2.75) is 38.3 Å². The molecule has 0 spiro atoms. The monoisotopic (exact) mass is 280 g/mol. The average Bonchev–Trinajstić information content (AvgIpc) is 3.25. The molecule has 1 saturated carbocycles. The van der Waals surface area contributed by atoms with Crippen LogP contribution in [-0.2, 0) is 6.54 Å². The predicted molar refractivity (Wildman–Crippen MR) is 76.1 cm³/mol. The SMILES string of the molecule is Clc1cnc(CN2CCC(NCC3CC3)CC2)cn1. The molecule has 1 aromatic heterocycles. The molecule has 0 atom stereocenters. The van der Waals surface area contributed by atoms with E-state index in [0.29, 0.717) is 11.2 Å². The highest BCUT2D eigenvalue weighted by Crippen LogP contribution is 2.28. The first-order valence-electron chi connectivity index (χ1n) is 7.22. The zero-order valence-electron chi connectivity index (χ0n) is 11.2. The van der Waals surface area contributed by atoms with Crippen LogP contribution in [0.1, 0.15) is 31.4 Å². The first-order chi connectivity index (χ1) is 9.29. The summed E-state index contributed by atoms with van der Waals surface area (Å²) >= 11 is 5.74. The molecule has 1 aliphatic carbocycles. The van der Waals surface area contributed by atoms with Gasteiger partial charge in [0, 0.05) is 25.7 Å². The molecule has 19 heavy (non-hydrogen) atoms. The van der Waals surface area contributed by atoms with Crippen LogP contribution in [-0.4, -0.2) is 40.5 Å². The van der Waals surface area contributed by atoms with E-state index in [2.05, 4.69) is 20.2 Å². The second kappa shape index (κ2) is 6.16. The van der Waals surface area contributed by atoms with Gasteiger partial charge in [-0.25, -0.2) is 4.98 Å². The lowest BCUT2D eigenvalue weighted by molar-refractivity contribution is 0.188. The quantitative estimate of drug-likeness (QED) is 0.897. The van der Waals surface area contributed by atoms with Gasteiger partial charge in [0.25, 0.3) is 0 Å². The van der Waals surface area contributed by atoms with Gasteiger partial charge in [-0.3, -0.25) is 9.88 Å². The molecular formula is C14H21ClN4. The van der Waals surface area contributed by atoms with Crippen LogP contribution in [0.15, 0.2) is 12.4 Å². The van der Waals surface area contributed by atoms with Crippen LogP contribution in [0, 0.1) is 5.92 Å². The van der Waals surface area contributed by atoms with E-state index >= 15 is 0 Å². The molecule has 2 fully saturated rings. The molecule has 2 aliphatic rings. The van der Waals surface area contributed by atoms with Crippen LogP contribution in [0.2, 0.25) is 5.15 Å². The van der Waals surface area contributed by atoms with Gasteiger partial charge in [-0.05, 0) is 38.1 Å². The molecule has 1 saturated heterocycles. The van der Waals surface area contributed by atoms with Gasteiger partial charge in [0.15, 0.2) is 0 Å². The van der Waals surface area contributed by atoms with Gasteiger partial charge in [-0.1, -0.05) is 11.6 Å². The van der Waals surface area contributed by atoms with E-state index in [1.807, 2.05) is 0 Å². The second-order valence-electron chi connectivity index (χ2n) is 5.73. The highest BCUT2D eigenvalue weighted by Gasteiger charge is 2.24. The van der Waals surface area contributed by atoms with Crippen LogP contribution in [0.4, 0.5) is 0 Å². The lowest BCUT2D eigenvalue weighted by Gasteiger charge is -2.32. The number of rotatable bonds is 5. The van der Waals surface area contributed by atoms with E-state index in [0.717, 1.165) is 31.2 Å².